The second-order valence-corrected chi connectivity index (χ2v) is 11.1. The Balaban J connectivity index is 1.33. The third-order valence-electron chi connectivity index (χ3n) is 9.00. The third kappa shape index (κ3) is 5.99. The Labute approximate surface area is 203 Å². The Bertz CT molecular complexity index is 861. The van der Waals surface area contributed by atoms with Crippen LogP contribution in [-0.4, -0.2) is 5.97 Å². The minimum atomic E-state index is -0.752. The van der Waals surface area contributed by atoms with E-state index in [4.69, 9.17) is 4.74 Å². The molecule has 7 atom stereocenters. The summed E-state index contributed by atoms with van der Waals surface area (Å²) >= 11 is 0. The number of benzene rings is 1. The smallest absolute Gasteiger partial charge is 0.314 e. The highest BCUT2D eigenvalue weighted by Crippen LogP contribution is 2.55. The van der Waals surface area contributed by atoms with E-state index in [1.165, 1.54) is 57.8 Å². The molecule has 3 saturated carbocycles. The van der Waals surface area contributed by atoms with E-state index in [-0.39, 0.29) is 17.6 Å². The third-order valence-corrected chi connectivity index (χ3v) is 9.00. The first-order valence-electron chi connectivity index (χ1n) is 13.6. The number of hydrogen-bond donors (Lipinski definition) is 0. The Morgan fingerprint density at radius 1 is 0.941 bits per heavy atom. The highest BCUT2D eigenvalue weighted by Gasteiger charge is 2.49. The van der Waals surface area contributed by atoms with Crippen LogP contribution in [0.3, 0.4) is 0 Å². The first-order chi connectivity index (χ1) is 16.5. The highest BCUT2D eigenvalue weighted by atomic mass is 19.1. The summed E-state index contributed by atoms with van der Waals surface area (Å²) in [6.45, 7) is 2.25. The Morgan fingerprint density at radius 2 is 1.68 bits per heavy atom. The molecule has 0 radical (unpaired) electrons. The monoisotopic (exact) mass is 471 g/mol. The lowest BCUT2D eigenvalue weighted by Crippen LogP contribution is -2.46. The molecule has 3 aliphatic carbocycles. The summed E-state index contributed by atoms with van der Waals surface area (Å²) in [5.41, 5.74) is 0. The van der Waals surface area contributed by atoms with Gasteiger partial charge in [0.15, 0.2) is 0 Å². The molecule has 3 aliphatic rings. The summed E-state index contributed by atoms with van der Waals surface area (Å²) in [7, 11) is 0. The zero-order valence-electron chi connectivity index (χ0n) is 20.5. The Hall–Kier alpha value is -1.96. The van der Waals surface area contributed by atoms with Crippen LogP contribution in [0.4, 0.5) is 8.78 Å². The summed E-state index contributed by atoms with van der Waals surface area (Å²) in [6.07, 6.45) is 15.0. The van der Waals surface area contributed by atoms with E-state index < -0.39 is 17.6 Å². The van der Waals surface area contributed by atoms with Gasteiger partial charge in [0.25, 0.3) is 0 Å². The number of hydrogen-bond acceptors (Lipinski definition) is 3. The molecule has 1 aromatic rings. The largest absolute Gasteiger partial charge is 0.426 e. The van der Waals surface area contributed by atoms with Crippen LogP contribution >= 0.6 is 0 Å². The van der Waals surface area contributed by atoms with Gasteiger partial charge in [-0.3, -0.25) is 4.79 Å². The number of esters is 1. The fourth-order valence-corrected chi connectivity index (χ4v) is 7.39. The average Bonchev–Trinajstić information content (AvgIpc) is 2.82. The molecule has 3 fully saturated rings. The zero-order valence-corrected chi connectivity index (χ0v) is 20.5. The normalized spacial score (nSPS) is 32.8. The molecule has 5 heteroatoms. The molecule has 1 aromatic carbocycles. The standard InChI is InChI=1S/C29H39F2NO2/c1-2-3-4-5-6-7-19-8-10-27-26-11-9-20(13-21(26)14-22(18-32)28(27)12-19)29(33)34-25-16-23(30)15-24(31)17-25/h15-17,19-22,26-28H,2-14H2,1H3/t19?,20-,21+,22?,26+,27?,28?/m1/s1. The number of carbonyl (C=O) groups excluding carboxylic acids is 1. The number of carbonyl (C=O) groups is 1. The molecule has 4 unspecified atom stereocenters. The lowest BCUT2D eigenvalue weighted by atomic mass is 9.52. The van der Waals surface area contributed by atoms with Gasteiger partial charge in [0.1, 0.15) is 17.4 Å². The van der Waals surface area contributed by atoms with Crippen LogP contribution in [0.25, 0.3) is 0 Å². The predicted molar refractivity (Wildman–Crippen MR) is 128 cm³/mol. The van der Waals surface area contributed by atoms with Gasteiger partial charge in [-0.15, -0.1) is 0 Å². The lowest BCUT2D eigenvalue weighted by molar-refractivity contribution is -0.142. The maximum atomic E-state index is 13.5. The van der Waals surface area contributed by atoms with Gasteiger partial charge in [-0.1, -0.05) is 51.9 Å². The van der Waals surface area contributed by atoms with Crippen molar-refractivity contribution >= 4 is 5.97 Å². The number of nitrogens with zero attached hydrogens (tertiary/aromatic N) is 1. The topological polar surface area (TPSA) is 50.1 Å². The molecule has 0 spiro atoms. The fraction of sp³-hybridized carbons (Fsp3) is 0.724. The Kier molecular flexibility index (Phi) is 8.61. The van der Waals surface area contributed by atoms with Crippen LogP contribution in [0.1, 0.15) is 90.4 Å². The van der Waals surface area contributed by atoms with E-state index in [1.54, 1.807) is 0 Å². The van der Waals surface area contributed by atoms with Gasteiger partial charge in [-0.2, -0.15) is 5.26 Å². The number of nitriles is 1. The van der Waals surface area contributed by atoms with Crippen molar-refractivity contribution in [1.82, 2.24) is 0 Å². The van der Waals surface area contributed by atoms with Crippen molar-refractivity contribution in [2.45, 2.75) is 90.4 Å². The van der Waals surface area contributed by atoms with Gasteiger partial charge < -0.3 is 4.74 Å². The molecule has 0 heterocycles. The SMILES string of the molecule is CCCCCCCC1CCC2C(C1)C(C#N)C[C@@H]1C[C@H](C(=O)Oc3cc(F)cc(F)c3)CC[C@H]21. The maximum absolute atomic E-state index is 13.5. The van der Waals surface area contributed by atoms with Crippen LogP contribution in [-0.2, 0) is 4.79 Å². The summed E-state index contributed by atoms with van der Waals surface area (Å²) in [4.78, 5) is 12.8. The summed E-state index contributed by atoms with van der Waals surface area (Å²) in [6, 6.07) is 5.50. The molecule has 0 amide bonds. The van der Waals surface area contributed by atoms with Crippen molar-refractivity contribution < 1.29 is 18.3 Å². The minimum Gasteiger partial charge on any atom is -0.426 e. The van der Waals surface area contributed by atoms with Crippen LogP contribution in [0.5, 0.6) is 5.75 Å². The molecular weight excluding hydrogens is 432 g/mol. The molecule has 4 rings (SSSR count). The predicted octanol–water partition coefficient (Wildman–Crippen LogP) is 7.84. The molecule has 34 heavy (non-hydrogen) atoms. The van der Waals surface area contributed by atoms with E-state index in [9.17, 15) is 18.8 Å². The van der Waals surface area contributed by atoms with Crippen molar-refractivity contribution in [2.75, 3.05) is 0 Å². The quantitative estimate of drug-likeness (QED) is 0.220. The van der Waals surface area contributed by atoms with Crippen molar-refractivity contribution in [3.8, 4) is 11.8 Å². The first-order valence-corrected chi connectivity index (χ1v) is 13.6. The molecule has 0 aliphatic heterocycles. The van der Waals surface area contributed by atoms with Gasteiger partial charge in [-0.05, 0) is 68.1 Å². The minimum absolute atomic E-state index is 0.0729. The molecular formula is C29H39F2NO2. The van der Waals surface area contributed by atoms with E-state index in [0.717, 1.165) is 49.8 Å². The molecule has 0 bridgehead atoms. The van der Waals surface area contributed by atoms with Gasteiger partial charge in [-0.25, -0.2) is 8.78 Å². The van der Waals surface area contributed by atoms with E-state index in [0.29, 0.717) is 23.7 Å². The van der Waals surface area contributed by atoms with Gasteiger partial charge in [0, 0.05) is 24.1 Å². The van der Waals surface area contributed by atoms with E-state index in [2.05, 4.69) is 13.0 Å². The van der Waals surface area contributed by atoms with E-state index in [1.807, 2.05) is 0 Å². The maximum Gasteiger partial charge on any atom is 0.314 e. The van der Waals surface area contributed by atoms with Gasteiger partial charge in [0.05, 0.1) is 12.0 Å². The first kappa shape index (κ1) is 25.1. The molecule has 186 valence electrons. The highest BCUT2D eigenvalue weighted by molar-refractivity contribution is 5.75. The number of ether oxygens (including phenoxy) is 1. The molecule has 3 nitrogen and oxygen atoms in total. The van der Waals surface area contributed by atoms with Crippen LogP contribution in [0.2, 0.25) is 0 Å². The summed E-state index contributed by atoms with van der Waals surface area (Å²) in [5.74, 6) is 0.701. The van der Waals surface area contributed by atoms with Gasteiger partial charge >= 0.3 is 5.97 Å². The average molecular weight is 472 g/mol. The van der Waals surface area contributed by atoms with Crippen molar-refractivity contribution in [3.05, 3.63) is 29.8 Å². The fourth-order valence-electron chi connectivity index (χ4n) is 7.39. The van der Waals surface area contributed by atoms with Crippen molar-refractivity contribution in [1.29, 1.82) is 5.26 Å². The second-order valence-electron chi connectivity index (χ2n) is 11.1. The molecule has 0 N–H and O–H groups in total. The Morgan fingerprint density at radius 3 is 2.41 bits per heavy atom. The number of fused-ring (bicyclic) bond motifs is 3. The molecule has 0 aromatic heterocycles. The second kappa shape index (κ2) is 11.6. The number of rotatable bonds is 8. The number of unbranched alkanes of at least 4 members (excludes halogenated alkanes) is 4. The van der Waals surface area contributed by atoms with Crippen molar-refractivity contribution in [2.24, 2.45) is 41.4 Å². The van der Waals surface area contributed by atoms with Crippen LogP contribution in [0, 0.1) is 64.4 Å². The van der Waals surface area contributed by atoms with Gasteiger partial charge in [0.2, 0.25) is 0 Å². The summed E-state index contributed by atoms with van der Waals surface area (Å²) < 4.78 is 32.3. The zero-order chi connectivity index (χ0) is 24.1. The van der Waals surface area contributed by atoms with Crippen LogP contribution < -0.4 is 4.74 Å². The number of halogens is 2. The lowest BCUT2D eigenvalue weighted by Gasteiger charge is -2.52. The van der Waals surface area contributed by atoms with E-state index >= 15 is 0 Å². The summed E-state index contributed by atoms with van der Waals surface area (Å²) in [5, 5.41) is 9.99. The van der Waals surface area contributed by atoms with Crippen molar-refractivity contribution in [3.63, 3.8) is 0 Å². The molecule has 0 saturated heterocycles. The van der Waals surface area contributed by atoms with Crippen LogP contribution in [0.15, 0.2) is 18.2 Å².